The van der Waals surface area contributed by atoms with Crippen LogP contribution in [-0.4, -0.2) is 39.6 Å². The summed E-state index contributed by atoms with van der Waals surface area (Å²) in [5.74, 6) is 0.128. The molecule has 0 radical (unpaired) electrons. The molecule has 1 aromatic carbocycles. The molecule has 2 aliphatic carbocycles. The molecular formula is C25H28N5O4+. The molecule has 0 unspecified atom stereocenters. The predicted octanol–water partition coefficient (Wildman–Crippen LogP) is 3.30. The predicted molar refractivity (Wildman–Crippen MR) is 126 cm³/mol. The van der Waals surface area contributed by atoms with Crippen molar-refractivity contribution in [1.29, 1.82) is 0 Å². The van der Waals surface area contributed by atoms with E-state index in [4.69, 9.17) is 10.2 Å². The maximum absolute atomic E-state index is 13.2. The Morgan fingerprint density at radius 1 is 1.21 bits per heavy atom. The smallest absolute Gasteiger partial charge is 0.325 e. The average molecular weight is 463 g/mol. The summed E-state index contributed by atoms with van der Waals surface area (Å²) in [6.45, 7) is 0. The molecule has 2 aromatic heterocycles. The maximum atomic E-state index is 13.2. The number of carbonyl (C=O) groups is 1. The van der Waals surface area contributed by atoms with Crippen LogP contribution < -0.4 is 15.8 Å². The summed E-state index contributed by atoms with van der Waals surface area (Å²) in [5, 5.41) is 23.2. The van der Waals surface area contributed by atoms with Gasteiger partial charge in [0.05, 0.1) is 29.6 Å². The first-order valence-corrected chi connectivity index (χ1v) is 11.6. The van der Waals surface area contributed by atoms with E-state index >= 15 is 0 Å². The number of nitrogen functional groups attached to an aromatic ring is 1. The van der Waals surface area contributed by atoms with Crippen LogP contribution in [0.2, 0.25) is 0 Å². The average Bonchev–Trinajstić information content (AvgIpc) is 3.53. The lowest BCUT2D eigenvalue weighted by Gasteiger charge is -2.22. The quantitative estimate of drug-likeness (QED) is 0.192. The highest BCUT2D eigenvalue weighted by atomic mass is 16.5. The van der Waals surface area contributed by atoms with E-state index in [0.717, 1.165) is 48.9 Å². The Labute approximate surface area is 196 Å². The third kappa shape index (κ3) is 4.65. The lowest BCUT2D eigenvalue weighted by molar-refractivity contribution is -0.910. The van der Waals surface area contributed by atoms with Crippen LogP contribution in [0.3, 0.4) is 0 Å². The Morgan fingerprint density at radius 2 is 2.00 bits per heavy atom. The fraction of sp³-hybridized carbons (Fsp3) is 0.360. The van der Waals surface area contributed by atoms with Gasteiger partial charge in [-0.1, -0.05) is 0 Å². The summed E-state index contributed by atoms with van der Waals surface area (Å²) in [5.41, 5.74) is 9.26. The summed E-state index contributed by atoms with van der Waals surface area (Å²) >= 11 is 0. The molecule has 9 heteroatoms. The number of hydrogen-bond donors (Lipinski definition) is 4. The Kier molecular flexibility index (Phi) is 6.02. The number of carbonyl (C=O) groups excluding carboxylic acids is 1. The molecule has 0 spiro atoms. The van der Waals surface area contributed by atoms with Gasteiger partial charge in [-0.25, -0.2) is 4.98 Å². The van der Waals surface area contributed by atoms with Crippen LogP contribution in [0.15, 0.2) is 52.2 Å². The number of hydrogen-bond acceptors (Lipinski definition) is 7. The molecule has 5 N–H and O–H groups in total. The molecule has 2 heterocycles. The number of aliphatic imine (C=N–C) groups is 1. The Morgan fingerprint density at radius 3 is 2.71 bits per heavy atom. The summed E-state index contributed by atoms with van der Waals surface area (Å²) in [6.07, 6.45) is 9.56. The molecule has 3 aromatic rings. The highest BCUT2D eigenvalue weighted by Gasteiger charge is 2.35. The van der Waals surface area contributed by atoms with Gasteiger partial charge in [-0.15, -0.1) is 0 Å². The van der Waals surface area contributed by atoms with Crippen molar-refractivity contribution in [3.05, 3.63) is 59.7 Å². The van der Waals surface area contributed by atoms with Gasteiger partial charge in [0.1, 0.15) is 6.26 Å². The van der Waals surface area contributed by atoms with E-state index in [1.807, 2.05) is 6.07 Å². The van der Waals surface area contributed by atoms with Crippen LogP contribution in [0.4, 0.5) is 11.4 Å². The van der Waals surface area contributed by atoms with Crippen molar-refractivity contribution in [3.63, 3.8) is 0 Å². The van der Waals surface area contributed by atoms with Gasteiger partial charge in [0.25, 0.3) is 0 Å². The van der Waals surface area contributed by atoms with Crippen LogP contribution in [0, 0.1) is 0 Å². The number of benzene rings is 1. The number of pyridine rings is 1. The first-order chi connectivity index (χ1) is 16.5. The zero-order valence-corrected chi connectivity index (χ0v) is 18.7. The summed E-state index contributed by atoms with van der Waals surface area (Å²) in [7, 11) is 0. The zero-order valence-electron chi connectivity index (χ0n) is 18.7. The molecule has 2 saturated carbocycles. The van der Waals surface area contributed by atoms with Crippen molar-refractivity contribution < 1.29 is 24.3 Å². The number of amides is 1. The number of nitrogens with one attached hydrogen (secondary N) is 1. The molecule has 0 saturated heterocycles. The normalized spacial score (nSPS) is 20.5. The Bertz CT molecular complexity index is 1210. The van der Waals surface area contributed by atoms with Crippen molar-refractivity contribution in [2.45, 2.75) is 56.6 Å². The lowest BCUT2D eigenvalue weighted by Crippen LogP contribution is -2.43. The molecule has 1 amide bonds. The van der Waals surface area contributed by atoms with Crippen LogP contribution in [-0.2, 0) is 0 Å². The SMILES string of the molecule is Nc1cc(-c2ncco2)c(NC(=O)c2cccc(C3CC3)[n+]2O)cc1C=NC1CCC(O)CC1. The molecular weight excluding hydrogens is 434 g/mol. The van der Waals surface area contributed by atoms with Crippen molar-refractivity contribution in [2.24, 2.45) is 4.99 Å². The van der Waals surface area contributed by atoms with E-state index < -0.39 is 5.91 Å². The maximum Gasteiger partial charge on any atom is 0.325 e. The van der Waals surface area contributed by atoms with E-state index in [0.29, 0.717) is 28.4 Å². The van der Waals surface area contributed by atoms with E-state index in [2.05, 4.69) is 15.3 Å². The van der Waals surface area contributed by atoms with Gasteiger partial charge in [-0.2, -0.15) is 0 Å². The molecule has 176 valence electrons. The van der Waals surface area contributed by atoms with Gasteiger partial charge in [0.2, 0.25) is 11.6 Å². The van der Waals surface area contributed by atoms with Crippen molar-refractivity contribution in [1.82, 2.24) is 4.98 Å². The number of nitrogens with zero attached hydrogens (tertiary/aromatic N) is 3. The standard InChI is InChI=1S/C25H27N5O4/c26-20-13-19(25-27-10-11-34-25)21(12-16(20)14-28-17-6-8-18(31)9-7-17)29-24(32)23-3-1-2-22(30(23)33)15-4-5-15/h1-3,10-15,17-18,26,31-33H,4-9H2/p+1. The minimum atomic E-state index is -0.466. The molecule has 0 bridgehead atoms. The van der Waals surface area contributed by atoms with Crippen molar-refractivity contribution in [3.8, 4) is 11.5 Å². The van der Waals surface area contributed by atoms with E-state index in [9.17, 15) is 15.1 Å². The van der Waals surface area contributed by atoms with Crippen LogP contribution in [0.25, 0.3) is 11.5 Å². The number of aromatic nitrogens is 2. The van der Waals surface area contributed by atoms with Crippen molar-refractivity contribution >= 4 is 23.5 Å². The second kappa shape index (κ2) is 9.26. The van der Waals surface area contributed by atoms with Gasteiger partial charge in [0, 0.05) is 40.2 Å². The molecule has 5 rings (SSSR count). The number of nitrogens with two attached hydrogens (primary N) is 1. The Hall–Kier alpha value is -3.72. The lowest BCUT2D eigenvalue weighted by atomic mass is 9.93. The van der Waals surface area contributed by atoms with Gasteiger partial charge in [-0.3, -0.25) is 15.0 Å². The van der Waals surface area contributed by atoms with Gasteiger partial charge in [-0.05, 0) is 56.7 Å². The van der Waals surface area contributed by atoms with Gasteiger partial charge in [0.15, 0.2) is 0 Å². The second-order valence-electron chi connectivity index (χ2n) is 8.98. The zero-order chi connectivity index (χ0) is 23.7. The van der Waals surface area contributed by atoms with Gasteiger partial charge >= 0.3 is 11.6 Å². The van der Waals surface area contributed by atoms with Crippen LogP contribution in [0.1, 0.15) is 66.2 Å². The first kappa shape index (κ1) is 22.1. The first-order valence-electron chi connectivity index (χ1n) is 11.6. The number of oxazole rings is 1. The molecule has 0 atom stereocenters. The fourth-order valence-corrected chi connectivity index (χ4v) is 4.34. The molecule has 2 fully saturated rings. The molecule has 0 aliphatic heterocycles. The number of aliphatic hydroxyl groups excluding tert-OH is 1. The summed E-state index contributed by atoms with van der Waals surface area (Å²) in [6, 6.07) is 8.73. The van der Waals surface area contributed by atoms with E-state index in [1.165, 1.54) is 12.5 Å². The molecule has 9 nitrogen and oxygen atoms in total. The summed E-state index contributed by atoms with van der Waals surface area (Å²) < 4.78 is 6.43. The minimum Gasteiger partial charge on any atom is -0.444 e. The number of rotatable bonds is 6. The highest BCUT2D eigenvalue weighted by molar-refractivity contribution is 6.05. The van der Waals surface area contributed by atoms with Gasteiger partial charge < -0.3 is 20.6 Å². The second-order valence-corrected chi connectivity index (χ2v) is 8.98. The Balaban J connectivity index is 1.45. The van der Waals surface area contributed by atoms with Crippen LogP contribution >= 0.6 is 0 Å². The highest BCUT2D eigenvalue weighted by Crippen LogP contribution is 2.38. The van der Waals surface area contributed by atoms with Crippen LogP contribution in [0.5, 0.6) is 0 Å². The molecule has 2 aliphatic rings. The van der Waals surface area contributed by atoms with E-state index in [-0.39, 0.29) is 23.8 Å². The number of aliphatic hydroxyl groups is 1. The monoisotopic (exact) mass is 462 g/mol. The third-order valence-electron chi connectivity index (χ3n) is 6.45. The van der Waals surface area contributed by atoms with Crippen molar-refractivity contribution in [2.75, 3.05) is 11.1 Å². The topological polar surface area (TPSA) is 138 Å². The third-order valence-corrected chi connectivity index (χ3v) is 6.45. The summed E-state index contributed by atoms with van der Waals surface area (Å²) in [4.78, 5) is 22.0. The number of anilines is 2. The minimum absolute atomic E-state index is 0.130. The fourth-order valence-electron chi connectivity index (χ4n) is 4.34. The largest absolute Gasteiger partial charge is 0.444 e. The van der Waals surface area contributed by atoms with E-state index in [1.54, 1.807) is 30.5 Å². The molecule has 34 heavy (non-hydrogen) atoms.